The molecule has 1 saturated carbocycles. The van der Waals surface area contributed by atoms with Crippen molar-refractivity contribution in [3.63, 3.8) is 0 Å². The molecular formula is C23H21ClN4O3. The van der Waals surface area contributed by atoms with Gasteiger partial charge in [-0.15, -0.1) is 0 Å². The maximum absolute atomic E-state index is 12.9. The molecule has 0 aliphatic heterocycles. The fourth-order valence-electron chi connectivity index (χ4n) is 3.50. The lowest BCUT2D eigenvalue weighted by Gasteiger charge is -2.15. The zero-order valence-corrected chi connectivity index (χ0v) is 17.8. The third-order valence-electron chi connectivity index (χ3n) is 5.61. The molecule has 1 fully saturated rings. The van der Waals surface area contributed by atoms with Crippen LogP contribution < -0.4 is 16.2 Å². The van der Waals surface area contributed by atoms with Gasteiger partial charge in [-0.25, -0.2) is 4.98 Å². The van der Waals surface area contributed by atoms with E-state index in [9.17, 15) is 14.4 Å². The quantitative estimate of drug-likeness (QED) is 0.636. The van der Waals surface area contributed by atoms with Crippen LogP contribution in [-0.4, -0.2) is 21.4 Å². The van der Waals surface area contributed by atoms with E-state index >= 15 is 0 Å². The Kier molecular flexibility index (Phi) is 5.37. The van der Waals surface area contributed by atoms with Crippen LogP contribution in [0.5, 0.6) is 0 Å². The summed E-state index contributed by atoms with van der Waals surface area (Å²) in [7, 11) is 0. The van der Waals surface area contributed by atoms with E-state index in [0.29, 0.717) is 28.6 Å². The highest BCUT2D eigenvalue weighted by Crippen LogP contribution is 2.53. The van der Waals surface area contributed by atoms with Crippen LogP contribution in [0.1, 0.15) is 18.9 Å². The number of carbonyl (C=O) groups excluding carboxylic acids is 2. The second-order valence-corrected chi connectivity index (χ2v) is 8.32. The van der Waals surface area contributed by atoms with Gasteiger partial charge in [-0.1, -0.05) is 17.7 Å². The van der Waals surface area contributed by atoms with E-state index in [1.54, 1.807) is 49.5 Å². The number of aryl methyl sites for hydroxylation is 1. The molecule has 0 spiro atoms. The highest BCUT2D eigenvalue weighted by atomic mass is 35.5. The van der Waals surface area contributed by atoms with Crippen molar-refractivity contribution < 1.29 is 9.59 Å². The Hall–Kier alpha value is -3.45. The lowest BCUT2D eigenvalue weighted by molar-refractivity contribution is -0.125. The molecule has 4 rings (SSSR count). The van der Waals surface area contributed by atoms with Crippen LogP contribution in [-0.2, 0) is 9.59 Å². The molecule has 0 unspecified atom stereocenters. The lowest BCUT2D eigenvalue weighted by Crippen LogP contribution is -2.28. The molecule has 0 bridgehead atoms. The predicted molar refractivity (Wildman–Crippen MR) is 119 cm³/mol. The smallest absolute Gasteiger partial charge is 0.255 e. The summed E-state index contributed by atoms with van der Waals surface area (Å²) in [6, 6.07) is 13.6. The first kappa shape index (κ1) is 20.8. The van der Waals surface area contributed by atoms with Gasteiger partial charge in [0.05, 0.1) is 16.4 Å². The number of rotatable bonds is 5. The second-order valence-electron chi connectivity index (χ2n) is 7.89. The zero-order valence-electron chi connectivity index (χ0n) is 17.1. The van der Waals surface area contributed by atoms with Gasteiger partial charge in [-0.05, 0) is 62.2 Å². The molecule has 158 valence electrons. The molecule has 31 heavy (non-hydrogen) atoms. The molecule has 1 aromatic carbocycles. The molecule has 0 radical (unpaired) electrons. The average molecular weight is 437 g/mol. The van der Waals surface area contributed by atoms with Gasteiger partial charge < -0.3 is 10.6 Å². The Bertz CT molecular complexity index is 1220. The van der Waals surface area contributed by atoms with Crippen LogP contribution in [0.4, 0.5) is 11.5 Å². The minimum Gasteiger partial charge on any atom is -0.325 e. The number of carbonyl (C=O) groups is 2. The number of nitrogens with zero attached hydrogens (tertiary/aromatic N) is 2. The van der Waals surface area contributed by atoms with Crippen LogP contribution >= 0.6 is 11.6 Å². The minimum absolute atomic E-state index is 0.131. The van der Waals surface area contributed by atoms with Gasteiger partial charge in [0.25, 0.3) is 5.56 Å². The minimum atomic E-state index is -0.794. The van der Waals surface area contributed by atoms with Crippen molar-refractivity contribution >= 4 is 34.9 Å². The van der Waals surface area contributed by atoms with Crippen molar-refractivity contribution in [3.05, 3.63) is 81.9 Å². The van der Waals surface area contributed by atoms with Crippen LogP contribution in [0.3, 0.4) is 0 Å². The molecule has 8 heteroatoms. The van der Waals surface area contributed by atoms with Crippen molar-refractivity contribution in [2.75, 3.05) is 10.6 Å². The number of aromatic nitrogens is 2. The summed E-state index contributed by atoms with van der Waals surface area (Å²) in [5.41, 5.74) is 1.25. The molecule has 2 atom stereocenters. The van der Waals surface area contributed by atoms with Crippen molar-refractivity contribution in [3.8, 4) is 5.69 Å². The van der Waals surface area contributed by atoms with E-state index in [2.05, 4.69) is 15.6 Å². The van der Waals surface area contributed by atoms with E-state index in [0.717, 1.165) is 5.56 Å². The SMILES string of the molecule is Cc1cc(-n2ccccc2=O)ccc1NC(=O)[C@@]1(C)C[C@H]1C(=O)Nc1ccc(Cl)cn1. The number of nitrogens with one attached hydrogen (secondary N) is 2. The van der Waals surface area contributed by atoms with Crippen molar-refractivity contribution in [2.45, 2.75) is 20.3 Å². The zero-order chi connectivity index (χ0) is 22.2. The van der Waals surface area contributed by atoms with E-state index < -0.39 is 11.3 Å². The molecule has 3 aromatic rings. The molecule has 1 aliphatic carbocycles. The molecule has 0 saturated heterocycles. The Morgan fingerprint density at radius 1 is 1.16 bits per heavy atom. The summed E-state index contributed by atoms with van der Waals surface area (Å²) in [5.74, 6) is -0.508. The number of hydrogen-bond acceptors (Lipinski definition) is 4. The van der Waals surface area contributed by atoms with E-state index in [-0.39, 0.29) is 17.4 Å². The fraction of sp³-hybridized carbons (Fsp3) is 0.217. The Morgan fingerprint density at radius 3 is 2.65 bits per heavy atom. The van der Waals surface area contributed by atoms with Gasteiger partial charge in [0.1, 0.15) is 5.82 Å². The van der Waals surface area contributed by atoms with Crippen LogP contribution in [0.15, 0.2) is 65.7 Å². The van der Waals surface area contributed by atoms with Gasteiger partial charge in [-0.3, -0.25) is 19.0 Å². The van der Waals surface area contributed by atoms with E-state index in [1.165, 1.54) is 16.8 Å². The van der Waals surface area contributed by atoms with Crippen LogP contribution in [0.25, 0.3) is 5.69 Å². The summed E-state index contributed by atoms with van der Waals surface area (Å²) in [5, 5.41) is 6.13. The number of benzene rings is 1. The molecule has 2 heterocycles. The van der Waals surface area contributed by atoms with Gasteiger partial charge >= 0.3 is 0 Å². The monoisotopic (exact) mass is 436 g/mol. The second kappa shape index (κ2) is 8.00. The van der Waals surface area contributed by atoms with Crippen LogP contribution in [0, 0.1) is 18.3 Å². The number of anilines is 2. The number of hydrogen-bond donors (Lipinski definition) is 2. The first-order chi connectivity index (χ1) is 14.8. The Balaban J connectivity index is 1.43. The van der Waals surface area contributed by atoms with E-state index in [1.807, 2.05) is 13.0 Å². The molecular weight excluding hydrogens is 416 g/mol. The third kappa shape index (κ3) is 4.22. The summed E-state index contributed by atoms with van der Waals surface area (Å²) in [6.07, 6.45) is 3.60. The van der Waals surface area contributed by atoms with E-state index in [4.69, 9.17) is 11.6 Å². The summed E-state index contributed by atoms with van der Waals surface area (Å²) in [4.78, 5) is 41.5. The largest absolute Gasteiger partial charge is 0.325 e. The lowest BCUT2D eigenvalue weighted by atomic mass is 10.0. The number of halogens is 1. The molecule has 7 nitrogen and oxygen atoms in total. The Morgan fingerprint density at radius 2 is 1.97 bits per heavy atom. The Labute approximate surface area is 184 Å². The van der Waals surface area contributed by atoms with Gasteiger partial charge in [-0.2, -0.15) is 0 Å². The topological polar surface area (TPSA) is 93.1 Å². The summed E-state index contributed by atoms with van der Waals surface area (Å²) >= 11 is 5.81. The maximum Gasteiger partial charge on any atom is 0.255 e. The predicted octanol–water partition coefficient (Wildman–Crippen LogP) is 3.80. The summed E-state index contributed by atoms with van der Waals surface area (Å²) in [6.45, 7) is 3.63. The molecule has 2 amide bonds. The molecule has 2 N–H and O–H groups in total. The third-order valence-corrected chi connectivity index (χ3v) is 5.83. The van der Waals surface area contributed by atoms with Crippen molar-refractivity contribution in [2.24, 2.45) is 11.3 Å². The normalized spacial score (nSPS) is 19.5. The molecule has 2 aromatic heterocycles. The number of amides is 2. The standard InChI is InChI=1S/C23H21ClN4O3/c1-14-11-16(28-10-4-3-5-20(28)29)7-8-18(14)26-22(31)23(2)12-17(23)21(30)27-19-9-6-15(24)13-25-19/h3-11,13,17H,12H2,1-2H3,(H,26,31)(H,25,27,30)/t17-,23-/m0/s1. The van der Waals surface area contributed by atoms with Crippen molar-refractivity contribution in [1.82, 2.24) is 9.55 Å². The maximum atomic E-state index is 12.9. The average Bonchev–Trinajstić information content (AvgIpc) is 3.45. The highest BCUT2D eigenvalue weighted by Gasteiger charge is 2.60. The van der Waals surface area contributed by atoms with Gasteiger partial charge in [0, 0.05) is 29.8 Å². The van der Waals surface area contributed by atoms with Gasteiger partial charge in [0.2, 0.25) is 11.8 Å². The van der Waals surface area contributed by atoms with Crippen LogP contribution in [0.2, 0.25) is 5.02 Å². The number of pyridine rings is 2. The molecule has 1 aliphatic rings. The van der Waals surface area contributed by atoms with Gasteiger partial charge in [0.15, 0.2) is 0 Å². The highest BCUT2D eigenvalue weighted by molar-refractivity contribution is 6.30. The fourth-order valence-corrected chi connectivity index (χ4v) is 3.62. The van der Waals surface area contributed by atoms with Crippen molar-refractivity contribution in [1.29, 1.82) is 0 Å². The first-order valence-electron chi connectivity index (χ1n) is 9.80. The first-order valence-corrected chi connectivity index (χ1v) is 10.2. The summed E-state index contributed by atoms with van der Waals surface area (Å²) < 4.78 is 1.53.